The molecule has 0 aliphatic heterocycles. The van der Waals surface area contributed by atoms with Gasteiger partial charge in [-0.2, -0.15) is 0 Å². The molecule has 3 N–H and O–H groups in total. The van der Waals surface area contributed by atoms with Crippen molar-refractivity contribution in [2.45, 2.75) is 36.8 Å². The maximum atomic E-state index is 11.9. The Balaban J connectivity index is 2.70. The monoisotopic (exact) mass is 345 g/mol. The standard InChI is InChI=1S/C13H19N3O4S2/c1-4-20-9(17)5-8-6-21-13(15-8)22-10(7(2)3)11(18)16-12(14)19/h6-7,10H,4-5H2,1-3H3,(H3,14,16,18,19). The van der Waals surface area contributed by atoms with Crippen molar-refractivity contribution in [3.63, 3.8) is 0 Å². The molecule has 0 saturated heterocycles. The minimum atomic E-state index is -0.876. The van der Waals surface area contributed by atoms with Crippen LogP contribution in [0.25, 0.3) is 0 Å². The summed E-state index contributed by atoms with van der Waals surface area (Å²) in [4.78, 5) is 38.4. The number of nitrogens with one attached hydrogen (secondary N) is 1. The van der Waals surface area contributed by atoms with Crippen LogP contribution in [0.5, 0.6) is 0 Å². The largest absolute Gasteiger partial charge is 0.466 e. The van der Waals surface area contributed by atoms with Gasteiger partial charge in [0.25, 0.3) is 0 Å². The molecule has 0 fully saturated rings. The van der Waals surface area contributed by atoms with E-state index in [1.54, 1.807) is 12.3 Å². The number of imide groups is 1. The van der Waals surface area contributed by atoms with E-state index >= 15 is 0 Å². The lowest BCUT2D eigenvalue weighted by Crippen LogP contribution is -2.42. The number of nitrogens with two attached hydrogens (primary N) is 1. The average molecular weight is 345 g/mol. The molecule has 1 unspecified atom stereocenters. The van der Waals surface area contributed by atoms with Crippen LogP contribution in [0.4, 0.5) is 4.79 Å². The number of ether oxygens (including phenoxy) is 1. The molecule has 1 aromatic rings. The van der Waals surface area contributed by atoms with Crippen LogP contribution in [0, 0.1) is 5.92 Å². The number of amides is 3. The maximum Gasteiger partial charge on any atom is 0.318 e. The number of thiazole rings is 1. The molecule has 0 saturated carbocycles. The molecule has 3 amide bonds. The predicted octanol–water partition coefficient (Wildman–Crippen LogP) is 1.56. The molecule has 7 nitrogen and oxygen atoms in total. The summed E-state index contributed by atoms with van der Waals surface area (Å²) in [6.45, 7) is 5.80. The molecule has 122 valence electrons. The Morgan fingerprint density at radius 3 is 2.68 bits per heavy atom. The Morgan fingerprint density at radius 2 is 2.14 bits per heavy atom. The van der Waals surface area contributed by atoms with Gasteiger partial charge < -0.3 is 10.5 Å². The molecule has 0 spiro atoms. The van der Waals surface area contributed by atoms with Crippen LogP contribution in [0.2, 0.25) is 0 Å². The normalized spacial score (nSPS) is 12.0. The minimum Gasteiger partial charge on any atom is -0.466 e. The minimum absolute atomic E-state index is 0.0123. The van der Waals surface area contributed by atoms with Gasteiger partial charge in [-0.25, -0.2) is 9.78 Å². The number of carbonyl (C=O) groups is 3. The lowest BCUT2D eigenvalue weighted by Gasteiger charge is -2.17. The first kappa shape index (κ1) is 18.4. The number of thioether (sulfide) groups is 1. The number of primary amides is 1. The van der Waals surface area contributed by atoms with Gasteiger partial charge in [-0.1, -0.05) is 25.6 Å². The van der Waals surface area contributed by atoms with Gasteiger partial charge in [-0.05, 0) is 12.8 Å². The number of urea groups is 1. The smallest absolute Gasteiger partial charge is 0.318 e. The zero-order chi connectivity index (χ0) is 16.7. The molecule has 1 atom stereocenters. The molecule has 1 heterocycles. The highest BCUT2D eigenvalue weighted by atomic mass is 32.2. The second-order valence-electron chi connectivity index (χ2n) is 4.72. The summed E-state index contributed by atoms with van der Waals surface area (Å²) in [5.74, 6) is -0.798. The van der Waals surface area contributed by atoms with E-state index in [4.69, 9.17) is 10.5 Å². The topological polar surface area (TPSA) is 111 Å². The molecule has 9 heteroatoms. The number of aromatic nitrogens is 1. The second-order valence-corrected chi connectivity index (χ2v) is 6.97. The fraction of sp³-hybridized carbons (Fsp3) is 0.538. The second kappa shape index (κ2) is 8.74. The third-order valence-corrected chi connectivity index (χ3v) is 5.07. The van der Waals surface area contributed by atoms with Gasteiger partial charge in [0.2, 0.25) is 5.91 Å². The van der Waals surface area contributed by atoms with E-state index in [1.807, 2.05) is 13.8 Å². The molecule has 0 radical (unpaired) electrons. The molecule has 0 aromatic carbocycles. The van der Waals surface area contributed by atoms with Gasteiger partial charge in [0.15, 0.2) is 4.34 Å². The first-order chi connectivity index (χ1) is 10.3. The number of esters is 1. The highest BCUT2D eigenvalue weighted by Crippen LogP contribution is 2.31. The number of carbonyl (C=O) groups excluding carboxylic acids is 3. The third-order valence-electron chi connectivity index (χ3n) is 2.50. The molecule has 0 aliphatic rings. The number of hydrogen-bond acceptors (Lipinski definition) is 7. The van der Waals surface area contributed by atoms with Crippen LogP contribution in [0.3, 0.4) is 0 Å². The Bertz CT molecular complexity index is 545. The van der Waals surface area contributed by atoms with Crippen molar-refractivity contribution in [2.75, 3.05) is 6.61 Å². The maximum absolute atomic E-state index is 11.9. The Kier molecular flexibility index (Phi) is 7.33. The summed E-state index contributed by atoms with van der Waals surface area (Å²) in [5.41, 5.74) is 5.57. The van der Waals surface area contributed by atoms with Crippen LogP contribution in [0.1, 0.15) is 26.5 Å². The van der Waals surface area contributed by atoms with Crippen LogP contribution in [-0.4, -0.2) is 34.7 Å². The van der Waals surface area contributed by atoms with E-state index in [0.29, 0.717) is 16.6 Å². The molecule has 22 heavy (non-hydrogen) atoms. The molecule has 1 rings (SSSR count). The van der Waals surface area contributed by atoms with E-state index in [1.165, 1.54) is 23.1 Å². The molecule has 0 aliphatic carbocycles. The molecular weight excluding hydrogens is 326 g/mol. The van der Waals surface area contributed by atoms with E-state index in [2.05, 4.69) is 10.3 Å². The quantitative estimate of drug-likeness (QED) is 0.573. The first-order valence-corrected chi connectivity index (χ1v) is 8.46. The van der Waals surface area contributed by atoms with Crippen molar-refractivity contribution in [1.29, 1.82) is 0 Å². The van der Waals surface area contributed by atoms with E-state index in [0.717, 1.165) is 0 Å². The Labute approximate surface area is 137 Å². The zero-order valence-electron chi connectivity index (χ0n) is 12.6. The number of hydrogen-bond donors (Lipinski definition) is 2. The van der Waals surface area contributed by atoms with Crippen molar-refractivity contribution >= 4 is 41.0 Å². The van der Waals surface area contributed by atoms with Crippen molar-refractivity contribution in [3.8, 4) is 0 Å². The lowest BCUT2D eigenvalue weighted by molar-refractivity contribution is -0.142. The average Bonchev–Trinajstić information content (AvgIpc) is 2.82. The van der Waals surface area contributed by atoms with Crippen molar-refractivity contribution in [2.24, 2.45) is 11.7 Å². The molecular formula is C13H19N3O4S2. The van der Waals surface area contributed by atoms with Gasteiger partial charge in [0.1, 0.15) is 0 Å². The molecule has 0 bridgehead atoms. The van der Waals surface area contributed by atoms with E-state index in [-0.39, 0.29) is 18.3 Å². The number of rotatable bonds is 7. The lowest BCUT2D eigenvalue weighted by atomic mass is 10.1. The van der Waals surface area contributed by atoms with Gasteiger partial charge in [-0.15, -0.1) is 11.3 Å². The summed E-state index contributed by atoms with van der Waals surface area (Å²) >= 11 is 2.58. The van der Waals surface area contributed by atoms with Gasteiger partial charge in [0, 0.05) is 5.38 Å². The summed E-state index contributed by atoms with van der Waals surface area (Å²) in [7, 11) is 0. The Morgan fingerprint density at radius 1 is 1.45 bits per heavy atom. The van der Waals surface area contributed by atoms with Gasteiger partial charge >= 0.3 is 12.0 Å². The van der Waals surface area contributed by atoms with Crippen molar-refractivity contribution < 1.29 is 19.1 Å². The predicted molar refractivity (Wildman–Crippen MR) is 84.7 cm³/mol. The Hall–Kier alpha value is -1.61. The van der Waals surface area contributed by atoms with Crippen LogP contribution in [-0.2, 0) is 20.7 Å². The van der Waals surface area contributed by atoms with Crippen LogP contribution >= 0.6 is 23.1 Å². The van der Waals surface area contributed by atoms with E-state index in [9.17, 15) is 14.4 Å². The highest BCUT2D eigenvalue weighted by Gasteiger charge is 2.26. The third kappa shape index (κ3) is 6.02. The molecule has 1 aromatic heterocycles. The summed E-state index contributed by atoms with van der Waals surface area (Å²) in [6.07, 6.45) is 0.102. The van der Waals surface area contributed by atoms with E-state index < -0.39 is 17.2 Å². The van der Waals surface area contributed by atoms with Gasteiger partial charge in [-0.3, -0.25) is 14.9 Å². The van der Waals surface area contributed by atoms with Crippen LogP contribution in [0.15, 0.2) is 9.72 Å². The first-order valence-electron chi connectivity index (χ1n) is 6.70. The summed E-state index contributed by atoms with van der Waals surface area (Å²) < 4.78 is 5.51. The van der Waals surface area contributed by atoms with Crippen molar-refractivity contribution in [3.05, 3.63) is 11.1 Å². The van der Waals surface area contributed by atoms with Crippen molar-refractivity contribution in [1.82, 2.24) is 10.3 Å². The zero-order valence-corrected chi connectivity index (χ0v) is 14.3. The van der Waals surface area contributed by atoms with Crippen LogP contribution < -0.4 is 11.1 Å². The fourth-order valence-corrected chi connectivity index (χ4v) is 3.62. The fourth-order valence-electron chi connectivity index (χ4n) is 1.58. The highest BCUT2D eigenvalue weighted by molar-refractivity contribution is 8.02. The summed E-state index contributed by atoms with van der Waals surface area (Å²) in [5, 5.41) is 3.34. The number of nitrogens with zero attached hydrogens (tertiary/aromatic N) is 1. The summed E-state index contributed by atoms with van der Waals surface area (Å²) in [6, 6.07) is -0.876. The SMILES string of the molecule is CCOC(=O)Cc1csc(SC(C(=O)NC(N)=O)C(C)C)n1. The van der Waals surface area contributed by atoms with Gasteiger partial charge in [0.05, 0.1) is 24.0 Å².